The molecule has 1 aromatic heterocycles. The van der Waals surface area contributed by atoms with Crippen LogP contribution in [0, 0.1) is 0 Å². The normalized spacial score (nSPS) is 13.1. The molecule has 0 atom stereocenters. The molecule has 0 saturated heterocycles. The third kappa shape index (κ3) is 2.24. The minimum Gasteiger partial charge on any atom is -0.457 e. The summed E-state index contributed by atoms with van der Waals surface area (Å²) in [5.74, 6) is 1.60. The number of hydrogen-bond acceptors (Lipinski definition) is 4. The first-order valence-electron chi connectivity index (χ1n) is 5.67. The molecule has 90 valence electrons. The Morgan fingerprint density at radius 3 is 2.72 bits per heavy atom. The Kier molecular flexibility index (Phi) is 3.02. The van der Waals surface area contributed by atoms with Crippen LogP contribution in [0.25, 0.3) is 0 Å². The molecule has 2 heterocycles. The number of thioether (sulfide) groups is 1. The monoisotopic (exact) mass is 256 g/mol. The van der Waals surface area contributed by atoms with E-state index in [-0.39, 0.29) is 0 Å². The lowest BCUT2D eigenvalue weighted by atomic mass is 10.1. The van der Waals surface area contributed by atoms with Crippen molar-refractivity contribution in [3.05, 3.63) is 48.3 Å². The largest absolute Gasteiger partial charge is 0.457 e. The molecule has 0 saturated carbocycles. The summed E-state index contributed by atoms with van der Waals surface area (Å²) in [5, 5.41) is 1.16. The zero-order valence-electron chi connectivity index (χ0n) is 9.96. The van der Waals surface area contributed by atoms with Gasteiger partial charge in [0.1, 0.15) is 11.5 Å². The van der Waals surface area contributed by atoms with Crippen molar-refractivity contribution in [3.8, 4) is 11.5 Å². The summed E-state index contributed by atoms with van der Waals surface area (Å²) in [6.45, 7) is 0. The summed E-state index contributed by atoms with van der Waals surface area (Å²) in [6.07, 6.45) is 6.42. The van der Waals surface area contributed by atoms with Crippen LogP contribution >= 0.6 is 11.8 Å². The molecule has 1 aliphatic heterocycles. The number of benzene rings is 1. The molecule has 3 rings (SSSR count). The number of rotatable bonds is 2. The highest BCUT2D eigenvalue weighted by atomic mass is 32.2. The molecule has 4 heteroatoms. The minimum absolute atomic E-state index is 0.789. The quantitative estimate of drug-likeness (QED) is 0.819. The van der Waals surface area contributed by atoms with Crippen molar-refractivity contribution in [1.29, 1.82) is 0 Å². The van der Waals surface area contributed by atoms with Gasteiger partial charge in [0.2, 0.25) is 0 Å². The first-order valence-corrected chi connectivity index (χ1v) is 6.90. The van der Waals surface area contributed by atoms with E-state index >= 15 is 0 Å². The molecule has 0 fully saturated rings. The average Bonchev–Trinajstić information content (AvgIpc) is 2.82. The van der Waals surface area contributed by atoms with Crippen molar-refractivity contribution in [2.75, 3.05) is 6.26 Å². The van der Waals surface area contributed by atoms with Gasteiger partial charge in [-0.25, -0.2) is 4.99 Å². The molecular formula is C14H12N2OS. The van der Waals surface area contributed by atoms with Gasteiger partial charge in [-0.2, -0.15) is 0 Å². The topological polar surface area (TPSA) is 34.5 Å². The lowest BCUT2D eigenvalue weighted by Crippen LogP contribution is -1.89. The number of pyridine rings is 1. The second kappa shape index (κ2) is 4.82. The average molecular weight is 256 g/mol. The number of aliphatic imine (C=N–C) groups is 1. The summed E-state index contributed by atoms with van der Waals surface area (Å²) < 4.78 is 5.76. The van der Waals surface area contributed by atoms with Gasteiger partial charge in [-0.3, -0.25) is 4.98 Å². The zero-order valence-corrected chi connectivity index (χ0v) is 10.8. The molecule has 0 aliphatic carbocycles. The van der Waals surface area contributed by atoms with E-state index in [1.54, 1.807) is 24.2 Å². The molecule has 0 amide bonds. The number of nitrogens with zero attached hydrogens (tertiary/aromatic N) is 2. The third-order valence-electron chi connectivity index (χ3n) is 2.76. The SMILES string of the molecule is CSC1=Nc2cc(Oc3ccncc3)ccc2C1. The van der Waals surface area contributed by atoms with E-state index < -0.39 is 0 Å². The van der Waals surface area contributed by atoms with Crippen LogP contribution in [0.15, 0.2) is 47.7 Å². The summed E-state index contributed by atoms with van der Waals surface area (Å²) >= 11 is 1.70. The Balaban J connectivity index is 1.85. The van der Waals surface area contributed by atoms with Crippen LogP contribution in [0.1, 0.15) is 5.56 Å². The van der Waals surface area contributed by atoms with Crippen LogP contribution < -0.4 is 4.74 Å². The lowest BCUT2D eigenvalue weighted by Gasteiger charge is -2.06. The highest BCUT2D eigenvalue weighted by Gasteiger charge is 2.14. The van der Waals surface area contributed by atoms with E-state index in [0.29, 0.717) is 0 Å². The van der Waals surface area contributed by atoms with Gasteiger partial charge in [-0.1, -0.05) is 6.07 Å². The lowest BCUT2D eigenvalue weighted by molar-refractivity contribution is 0.482. The summed E-state index contributed by atoms with van der Waals surface area (Å²) in [6, 6.07) is 9.73. The molecule has 3 nitrogen and oxygen atoms in total. The number of hydrogen-bond donors (Lipinski definition) is 0. The van der Waals surface area contributed by atoms with Crippen LogP contribution in [0.5, 0.6) is 11.5 Å². The van der Waals surface area contributed by atoms with E-state index in [2.05, 4.69) is 22.3 Å². The molecule has 0 N–H and O–H groups in total. The molecule has 1 aliphatic rings. The maximum atomic E-state index is 5.76. The van der Waals surface area contributed by atoms with Gasteiger partial charge >= 0.3 is 0 Å². The summed E-state index contributed by atoms with van der Waals surface area (Å²) in [7, 11) is 0. The smallest absolute Gasteiger partial charge is 0.130 e. The highest BCUT2D eigenvalue weighted by molar-refractivity contribution is 8.13. The maximum Gasteiger partial charge on any atom is 0.130 e. The van der Waals surface area contributed by atoms with Gasteiger partial charge in [0.25, 0.3) is 0 Å². The molecule has 2 aromatic rings. The van der Waals surface area contributed by atoms with Gasteiger partial charge in [0.05, 0.1) is 10.7 Å². The van der Waals surface area contributed by atoms with E-state index in [9.17, 15) is 0 Å². The number of ether oxygens (including phenoxy) is 1. The van der Waals surface area contributed by atoms with Crippen LogP contribution in [-0.2, 0) is 6.42 Å². The summed E-state index contributed by atoms with van der Waals surface area (Å²) in [5.41, 5.74) is 2.28. The maximum absolute atomic E-state index is 5.76. The first-order chi connectivity index (χ1) is 8.85. The number of aromatic nitrogens is 1. The van der Waals surface area contributed by atoms with E-state index in [4.69, 9.17) is 4.74 Å². The standard InChI is InChI=1S/C14H12N2OS/c1-18-14-8-10-2-3-12(9-13(10)16-14)17-11-4-6-15-7-5-11/h2-7,9H,8H2,1H3. The van der Waals surface area contributed by atoms with Crippen molar-refractivity contribution < 1.29 is 4.74 Å². The molecule has 0 bridgehead atoms. The molecule has 1 aromatic carbocycles. The molecule has 0 radical (unpaired) electrons. The van der Waals surface area contributed by atoms with Crippen molar-refractivity contribution in [2.24, 2.45) is 4.99 Å². The van der Waals surface area contributed by atoms with Crippen LogP contribution in [0.2, 0.25) is 0 Å². The predicted octanol–water partition coefficient (Wildman–Crippen LogP) is 3.82. The van der Waals surface area contributed by atoms with Gasteiger partial charge in [0, 0.05) is 24.9 Å². The fourth-order valence-electron chi connectivity index (χ4n) is 1.86. The van der Waals surface area contributed by atoms with Gasteiger partial charge < -0.3 is 4.74 Å². The highest BCUT2D eigenvalue weighted by Crippen LogP contribution is 2.34. The third-order valence-corrected chi connectivity index (χ3v) is 3.47. The van der Waals surface area contributed by atoms with Crippen LogP contribution in [0.4, 0.5) is 5.69 Å². The molecule has 0 unspecified atom stereocenters. The van der Waals surface area contributed by atoms with Gasteiger partial charge in [-0.05, 0) is 30.0 Å². The Hall–Kier alpha value is -1.81. The van der Waals surface area contributed by atoms with Crippen molar-refractivity contribution in [3.63, 3.8) is 0 Å². The van der Waals surface area contributed by atoms with Crippen molar-refractivity contribution in [1.82, 2.24) is 4.98 Å². The Bertz CT molecular complexity index is 596. The van der Waals surface area contributed by atoms with Crippen LogP contribution in [0.3, 0.4) is 0 Å². The molecule has 18 heavy (non-hydrogen) atoms. The Labute approximate surface area is 110 Å². The fourth-order valence-corrected chi connectivity index (χ4v) is 2.35. The van der Waals surface area contributed by atoms with Gasteiger partial charge in [-0.15, -0.1) is 11.8 Å². The van der Waals surface area contributed by atoms with Gasteiger partial charge in [0.15, 0.2) is 0 Å². The second-order valence-corrected chi connectivity index (χ2v) is 4.84. The predicted molar refractivity (Wildman–Crippen MR) is 75.1 cm³/mol. The van der Waals surface area contributed by atoms with Crippen molar-refractivity contribution in [2.45, 2.75) is 6.42 Å². The van der Waals surface area contributed by atoms with Crippen molar-refractivity contribution >= 4 is 22.5 Å². The fraction of sp³-hybridized carbons (Fsp3) is 0.143. The zero-order chi connectivity index (χ0) is 12.4. The van der Waals surface area contributed by atoms with E-state index in [0.717, 1.165) is 28.7 Å². The van der Waals surface area contributed by atoms with E-state index in [1.165, 1.54) is 5.56 Å². The summed E-state index contributed by atoms with van der Waals surface area (Å²) in [4.78, 5) is 8.52. The van der Waals surface area contributed by atoms with Crippen LogP contribution in [-0.4, -0.2) is 16.3 Å². The second-order valence-electron chi connectivity index (χ2n) is 3.96. The molecule has 0 spiro atoms. The minimum atomic E-state index is 0.789. The van der Waals surface area contributed by atoms with E-state index in [1.807, 2.05) is 24.3 Å². The Morgan fingerprint density at radius 2 is 1.94 bits per heavy atom. The molecular weight excluding hydrogens is 244 g/mol. The first kappa shape index (κ1) is 11.3. The Morgan fingerprint density at radius 1 is 1.11 bits per heavy atom. The number of fused-ring (bicyclic) bond motifs is 1.